The molecule has 0 aromatic heterocycles. The first kappa shape index (κ1) is 17.9. The van der Waals surface area contributed by atoms with Crippen molar-refractivity contribution >= 4 is 0 Å². The predicted octanol–water partition coefficient (Wildman–Crippen LogP) is 3.91. The van der Waals surface area contributed by atoms with Crippen molar-refractivity contribution in [3.8, 4) is 0 Å². The molecule has 1 N–H and O–H groups in total. The lowest BCUT2D eigenvalue weighted by atomic mass is 10.1. The van der Waals surface area contributed by atoms with E-state index in [1.165, 1.54) is 32.4 Å². The van der Waals surface area contributed by atoms with E-state index in [1.807, 2.05) is 0 Å². The molecule has 0 heterocycles. The SMILES string of the molecule is CCCCN(CC(C)CNC(C)(C)C)C(C)CC. The molecule has 0 aliphatic heterocycles. The maximum atomic E-state index is 3.61. The fourth-order valence-corrected chi connectivity index (χ4v) is 2.06. The number of unbranched alkanes of at least 4 members (excludes halogenated alkanes) is 1. The molecule has 0 amide bonds. The van der Waals surface area contributed by atoms with Crippen LogP contribution in [0.5, 0.6) is 0 Å². The molecule has 2 nitrogen and oxygen atoms in total. The van der Waals surface area contributed by atoms with Crippen molar-refractivity contribution in [2.75, 3.05) is 19.6 Å². The van der Waals surface area contributed by atoms with Crippen LogP contribution in [0.3, 0.4) is 0 Å². The molecular formula is C16H36N2. The van der Waals surface area contributed by atoms with Gasteiger partial charge in [0, 0.05) is 18.1 Å². The Labute approximate surface area is 116 Å². The molecule has 0 rings (SSSR count). The summed E-state index contributed by atoms with van der Waals surface area (Å²) < 4.78 is 0. The van der Waals surface area contributed by atoms with Crippen LogP contribution in [-0.4, -0.2) is 36.1 Å². The maximum Gasteiger partial charge on any atom is 0.00966 e. The van der Waals surface area contributed by atoms with Gasteiger partial charge in [0.1, 0.15) is 0 Å². The Morgan fingerprint density at radius 1 is 1.11 bits per heavy atom. The first-order chi connectivity index (χ1) is 8.30. The summed E-state index contributed by atoms with van der Waals surface area (Å²) in [7, 11) is 0. The number of rotatable bonds is 9. The normalized spacial score (nSPS) is 16.0. The second kappa shape index (κ2) is 8.92. The minimum Gasteiger partial charge on any atom is -0.312 e. The number of nitrogens with zero attached hydrogens (tertiary/aromatic N) is 1. The smallest absolute Gasteiger partial charge is 0.00966 e. The third-order valence-electron chi connectivity index (χ3n) is 3.54. The van der Waals surface area contributed by atoms with Gasteiger partial charge in [0.15, 0.2) is 0 Å². The van der Waals surface area contributed by atoms with Crippen LogP contribution < -0.4 is 5.32 Å². The fourth-order valence-electron chi connectivity index (χ4n) is 2.06. The minimum atomic E-state index is 0.235. The zero-order chi connectivity index (χ0) is 14.2. The van der Waals surface area contributed by atoms with Crippen LogP contribution in [0, 0.1) is 5.92 Å². The van der Waals surface area contributed by atoms with Crippen LogP contribution in [0.15, 0.2) is 0 Å². The van der Waals surface area contributed by atoms with E-state index < -0.39 is 0 Å². The van der Waals surface area contributed by atoms with Crippen molar-refractivity contribution in [3.63, 3.8) is 0 Å². The second-order valence-electron chi connectivity index (χ2n) is 6.84. The van der Waals surface area contributed by atoms with E-state index in [2.05, 4.69) is 58.7 Å². The highest BCUT2D eigenvalue weighted by molar-refractivity contribution is 4.75. The van der Waals surface area contributed by atoms with E-state index >= 15 is 0 Å². The van der Waals surface area contributed by atoms with Crippen molar-refractivity contribution in [2.24, 2.45) is 5.92 Å². The Balaban J connectivity index is 4.13. The molecule has 110 valence electrons. The summed E-state index contributed by atoms with van der Waals surface area (Å²) in [6, 6.07) is 0.716. The predicted molar refractivity (Wildman–Crippen MR) is 83.2 cm³/mol. The van der Waals surface area contributed by atoms with Gasteiger partial charge >= 0.3 is 0 Å². The van der Waals surface area contributed by atoms with Gasteiger partial charge in [0.2, 0.25) is 0 Å². The van der Waals surface area contributed by atoms with Crippen molar-refractivity contribution in [1.82, 2.24) is 10.2 Å². The summed E-state index contributed by atoms with van der Waals surface area (Å²) in [5.74, 6) is 0.718. The second-order valence-corrected chi connectivity index (χ2v) is 6.84. The molecule has 18 heavy (non-hydrogen) atoms. The van der Waals surface area contributed by atoms with Gasteiger partial charge in [-0.15, -0.1) is 0 Å². The van der Waals surface area contributed by atoms with Crippen molar-refractivity contribution in [2.45, 2.75) is 79.3 Å². The Kier molecular flexibility index (Phi) is 8.89. The molecule has 0 saturated heterocycles. The van der Waals surface area contributed by atoms with Crippen LogP contribution in [0.25, 0.3) is 0 Å². The highest BCUT2D eigenvalue weighted by atomic mass is 15.2. The van der Waals surface area contributed by atoms with Gasteiger partial charge in [-0.05, 0) is 59.5 Å². The Morgan fingerprint density at radius 3 is 2.17 bits per heavy atom. The molecule has 0 aliphatic carbocycles. The Morgan fingerprint density at radius 2 is 1.72 bits per heavy atom. The zero-order valence-electron chi connectivity index (χ0n) is 13.8. The molecule has 2 atom stereocenters. The van der Waals surface area contributed by atoms with Gasteiger partial charge < -0.3 is 10.2 Å². The molecule has 0 bridgehead atoms. The molecule has 0 spiro atoms. The zero-order valence-corrected chi connectivity index (χ0v) is 13.8. The Bertz CT molecular complexity index is 196. The summed E-state index contributed by atoms with van der Waals surface area (Å²) in [4.78, 5) is 2.67. The van der Waals surface area contributed by atoms with Gasteiger partial charge in [-0.1, -0.05) is 27.2 Å². The summed E-state index contributed by atoms with van der Waals surface area (Å²) in [6.45, 7) is 19.6. The number of hydrogen-bond donors (Lipinski definition) is 1. The van der Waals surface area contributed by atoms with Crippen molar-refractivity contribution in [1.29, 1.82) is 0 Å². The lowest BCUT2D eigenvalue weighted by molar-refractivity contribution is 0.170. The summed E-state index contributed by atoms with van der Waals surface area (Å²) in [5, 5.41) is 3.61. The van der Waals surface area contributed by atoms with Crippen LogP contribution in [0.2, 0.25) is 0 Å². The van der Waals surface area contributed by atoms with E-state index in [0.717, 1.165) is 12.5 Å². The van der Waals surface area contributed by atoms with Crippen molar-refractivity contribution < 1.29 is 0 Å². The van der Waals surface area contributed by atoms with Crippen LogP contribution in [0.4, 0.5) is 0 Å². The highest BCUT2D eigenvalue weighted by Crippen LogP contribution is 2.10. The lowest BCUT2D eigenvalue weighted by Gasteiger charge is -2.32. The molecule has 0 aromatic carbocycles. The van der Waals surface area contributed by atoms with Crippen LogP contribution in [0.1, 0.15) is 67.7 Å². The van der Waals surface area contributed by atoms with Crippen molar-refractivity contribution in [3.05, 3.63) is 0 Å². The number of hydrogen-bond acceptors (Lipinski definition) is 2. The summed E-state index contributed by atoms with van der Waals surface area (Å²) in [6.07, 6.45) is 3.87. The quantitative estimate of drug-likeness (QED) is 0.673. The molecular weight excluding hydrogens is 220 g/mol. The molecule has 0 saturated carbocycles. The monoisotopic (exact) mass is 256 g/mol. The van der Waals surface area contributed by atoms with Gasteiger partial charge in [0.05, 0.1) is 0 Å². The number of nitrogens with one attached hydrogen (secondary N) is 1. The lowest BCUT2D eigenvalue weighted by Crippen LogP contribution is -2.43. The fraction of sp³-hybridized carbons (Fsp3) is 1.00. The van der Waals surface area contributed by atoms with E-state index in [-0.39, 0.29) is 5.54 Å². The van der Waals surface area contributed by atoms with Gasteiger partial charge in [-0.2, -0.15) is 0 Å². The maximum absolute atomic E-state index is 3.61. The molecule has 0 aromatic rings. The molecule has 2 unspecified atom stereocenters. The average Bonchev–Trinajstić information content (AvgIpc) is 2.30. The molecule has 2 heteroatoms. The third kappa shape index (κ3) is 8.93. The molecule has 0 radical (unpaired) electrons. The first-order valence-corrected chi connectivity index (χ1v) is 7.79. The van der Waals surface area contributed by atoms with Gasteiger partial charge in [0.25, 0.3) is 0 Å². The average molecular weight is 256 g/mol. The van der Waals surface area contributed by atoms with E-state index in [0.29, 0.717) is 6.04 Å². The van der Waals surface area contributed by atoms with Gasteiger partial charge in [-0.25, -0.2) is 0 Å². The van der Waals surface area contributed by atoms with E-state index in [9.17, 15) is 0 Å². The third-order valence-corrected chi connectivity index (χ3v) is 3.54. The minimum absolute atomic E-state index is 0.235. The van der Waals surface area contributed by atoms with E-state index in [1.54, 1.807) is 0 Å². The standard InChI is InChI=1S/C16H36N2/c1-8-10-11-18(15(4)9-2)13-14(3)12-17-16(5,6)7/h14-15,17H,8-13H2,1-7H3. The molecule has 0 aliphatic rings. The summed E-state index contributed by atoms with van der Waals surface area (Å²) in [5.41, 5.74) is 0.235. The summed E-state index contributed by atoms with van der Waals surface area (Å²) >= 11 is 0. The topological polar surface area (TPSA) is 15.3 Å². The first-order valence-electron chi connectivity index (χ1n) is 7.79. The van der Waals surface area contributed by atoms with E-state index in [4.69, 9.17) is 0 Å². The highest BCUT2D eigenvalue weighted by Gasteiger charge is 2.16. The molecule has 0 fully saturated rings. The largest absolute Gasteiger partial charge is 0.312 e. The van der Waals surface area contributed by atoms with Crippen LogP contribution in [-0.2, 0) is 0 Å². The van der Waals surface area contributed by atoms with Gasteiger partial charge in [-0.3, -0.25) is 0 Å². The Hall–Kier alpha value is -0.0800. The van der Waals surface area contributed by atoms with Crippen LogP contribution >= 0.6 is 0 Å².